The van der Waals surface area contributed by atoms with E-state index in [0.717, 1.165) is 18.3 Å². The predicted molar refractivity (Wildman–Crippen MR) is 60.3 cm³/mol. The van der Waals surface area contributed by atoms with Crippen molar-refractivity contribution in [1.82, 2.24) is 0 Å². The Morgan fingerprint density at radius 1 is 1.36 bits per heavy atom. The van der Waals surface area contributed by atoms with Gasteiger partial charge in [-0.15, -0.1) is 0 Å². The summed E-state index contributed by atoms with van der Waals surface area (Å²) < 4.78 is 0. The highest BCUT2D eigenvalue weighted by Gasteiger charge is 2.45. The summed E-state index contributed by atoms with van der Waals surface area (Å²) >= 11 is 0. The van der Waals surface area contributed by atoms with E-state index in [1.807, 2.05) is 0 Å². The summed E-state index contributed by atoms with van der Waals surface area (Å²) in [5.74, 6) is 2.34. The van der Waals surface area contributed by atoms with Crippen molar-refractivity contribution in [3.63, 3.8) is 0 Å². The average molecular weight is 194 g/mol. The average Bonchev–Trinajstić information content (AvgIpc) is 2.58. The Labute approximate surface area is 87.0 Å². The number of amidine groups is 1. The SMILES string of the molecule is CC1(C)CC1CN=C(N)C1CCCC1. The van der Waals surface area contributed by atoms with E-state index in [2.05, 4.69) is 18.8 Å². The highest BCUT2D eigenvalue weighted by Crippen LogP contribution is 2.51. The second kappa shape index (κ2) is 3.56. The summed E-state index contributed by atoms with van der Waals surface area (Å²) in [6.45, 7) is 5.60. The molecule has 80 valence electrons. The Bertz CT molecular complexity index is 237. The lowest BCUT2D eigenvalue weighted by atomic mass is 10.1. The van der Waals surface area contributed by atoms with Gasteiger partial charge in [-0.3, -0.25) is 4.99 Å². The molecule has 2 fully saturated rings. The summed E-state index contributed by atoms with van der Waals surface area (Å²) in [5, 5.41) is 0. The second-order valence-electron chi connectivity index (χ2n) is 5.64. The largest absolute Gasteiger partial charge is 0.387 e. The summed E-state index contributed by atoms with van der Waals surface area (Å²) in [5.41, 5.74) is 6.53. The van der Waals surface area contributed by atoms with Gasteiger partial charge >= 0.3 is 0 Å². The molecule has 2 heteroatoms. The van der Waals surface area contributed by atoms with Crippen molar-refractivity contribution in [1.29, 1.82) is 0 Å². The van der Waals surface area contributed by atoms with E-state index < -0.39 is 0 Å². The zero-order valence-electron chi connectivity index (χ0n) is 9.42. The predicted octanol–water partition coefficient (Wildman–Crippen LogP) is 2.58. The smallest absolute Gasteiger partial charge is 0.0968 e. The first-order valence-electron chi connectivity index (χ1n) is 5.89. The van der Waals surface area contributed by atoms with Crippen LogP contribution in [-0.4, -0.2) is 12.4 Å². The van der Waals surface area contributed by atoms with Crippen molar-refractivity contribution in [3.8, 4) is 0 Å². The van der Waals surface area contributed by atoms with Gasteiger partial charge in [0.15, 0.2) is 0 Å². The molecule has 0 aromatic rings. The van der Waals surface area contributed by atoms with Crippen LogP contribution in [0.2, 0.25) is 0 Å². The molecule has 0 aromatic carbocycles. The lowest BCUT2D eigenvalue weighted by Crippen LogP contribution is -2.22. The van der Waals surface area contributed by atoms with Crippen LogP contribution in [0, 0.1) is 17.3 Å². The van der Waals surface area contributed by atoms with Crippen LogP contribution in [0.5, 0.6) is 0 Å². The van der Waals surface area contributed by atoms with Crippen LogP contribution >= 0.6 is 0 Å². The molecule has 2 rings (SSSR count). The van der Waals surface area contributed by atoms with Gasteiger partial charge in [-0.05, 0) is 30.6 Å². The molecule has 0 saturated heterocycles. The number of rotatable bonds is 3. The van der Waals surface area contributed by atoms with Crippen molar-refractivity contribution in [2.75, 3.05) is 6.54 Å². The lowest BCUT2D eigenvalue weighted by molar-refractivity contribution is 0.563. The maximum Gasteiger partial charge on any atom is 0.0968 e. The first-order chi connectivity index (χ1) is 6.59. The maximum atomic E-state index is 5.99. The molecular formula is C12H22N2. The van der Waals surface area contributed by atoms with Crippen LogP contribution in [0.3, 0.4) is 0 Å². The first kappa shape index (κ1) is 10.0. The van der Waals surface area contributed by atoms with Gasteiger partial charge in [0.1, 0.15) is 0 Å². The molecule has 0 bridgehead atoms. The topological polar surface area (TPSA) is 38.4 Å². The molecular weight excluding hydrogens is 172 g/mol. The van der Waals surface area contributed by atoms with Gasteiger partial charge in [0.2, 0.25) is 0 Å². The number of nitrogens with two attached hydrogens (primary N) is 1. The van der Waals surface area contributed by atoms with Crippen LogP contribution in [0.1, 0.15) is 46.0 Å². The van der Waals surface area contributed by atoms with Crippen LogP contribution in [0.4, 0.5) is 0 Å². The van der Waals surface area contributed by atoms with Crippen LogP contribution in [-0.2, 0) is 0 Å². The third kappa shape index (κ3) is 2.10. The normalized spacial score (nSPS) is 32.1. The van der Waals surface area contributed by atoms with E-state index in [-0.39, 0.29) is 0 Å². The Kier molecular flexibility index (Phi) is 2.54. The van der Waals surface area contributed by atoms with Crippen molar-refractivity contribution < 1.29 is 0 Å². The van der Waals surface area contributed by atoms with Gasteiger partial charge in [0.05, 0.1) is 5.84 Å². The zero-order valence-corrected chi connectivity index (χ0v) is 9.42. The van der Waals surface area contributed by atoms with E-state index in [4.69, 9.17) is 5.73 Å². The molecule has 1 unspecified atom stereocenters. The highest BCUT2D eigenvalue weighted by molar-refractivity contribution is 5.83. The third-order valence-electron chi connectivity index (χ3n) is 3.99. The molecule has 0 aromatic heterocycles. The quantitative estimate of drug-likeness (QED) is 0.544. The monoisotopic (exact) mass is 194 g/mol. The number of aliphatic imine (C=N–C) groups is 1. The molecule has 0 heterocycles. The van der Waals surface area contributed by atoms with Gasteiger partial charge < -0.3 is 5.73 Å². The summed E-state index contributed by atoms with van der Waals surface area (Å²) in [6.07, 6.45) is 6.55. The van der Waals surface area contributed by atoms with Gasteiger partial charge in [0.25, 0.3) is 0 Å². The maximum absolute atomic E-state index is 5.99. The minimum absolute atomic E-state index is 0.541. The zero-order chi connectivity index (χ0) is 10.2. The molecule has 0 spiro atoms. The Hall–Kier alpha value is -0.530. The van der Waals surface area contributed by atoms with E-state index in [0.29, 0.717) is 11.3 Å². The van der Waals surface area contributed by atoms with Crippen LogP contribution in [0.25, 0.3) is 0 Å². The molecule has 2 N–H and O–H groups in total. The molecule has 1 atom stereocenters. The van der Waals surface area contributed by atoms with Crippen molar-refractivity contribution in [3.05, 3.63) is 0 Å². The molecule has 14 heavy (non-hydrogen) atoms. The Morgan fingerprint density at radius 2 is 1.93 bits per heavy atom. The lowest BCUT2D eigenvalue weighted by Gasteiger charge is -2.08. The Balaban J connectivity index is 1.79. The van der Waals surface area contributed by atoms with E-state index in [1.54, 1.807) is 0 Å². The fourth-order valence-corrected chi connectivity index (χ4v) is 2.45. The van der Waals surface area contributed by atoms with Crippen molar-refractivity contribution in [2.24, 2.45) is 28.0 Å². The van der Waals surface area contributed by atoms with Gasteiger partial charge in [-0.2, -0.15) is 0 Å². The molecule has 0 aliphatic heterocycles. The van der Waals surface area contributed by atoms with E-state index >= 15 is 0 Å². The molecule has 2 aliphatic carbocycles. The minimum atomic E-state index is 0.541. The van der Waals surface area contributed by atoms with Gasteiger partial charge in [0, 0.05) is 12.5 Å². The van der Waals surface area contributed by atoms with Gasteiger partial charge in [-0.25, -0.2) is 0 Å². The van der Waals surface area contributed by atoms with E-state index in [9.17, 15) is 0 Å². The summed E-state index contributed by atoms with van der Waals surface area (Å²) in [4.78, 5) is 4.56. The second-order valence-corrected chi connectivity index (χ2v) is 5.64. The third-order valence-corrected chi connectivity index (χ3v) is 3.99. The first-order valence-corrected chi connectivity index (χ1v) is 5.89. The highest BCUT2D eigenvalue weighted by atomic mass is 14.9. The number of nitrogens with zero attached hydrogens (tertiary/aromatic N) is 1. The summed E-state index contributed by atoms with van der Waals surface area (Å²) in [7, 11) is 0. The number of hydrogen-bond donors (Lipinski definition) is 1. The minimum Gasteiger partial charge on any atom is -0.387 e. The molecule has 2 saturated carbocycles. The Morgan fingerprint density at radius 3 is 2.43 bits per heavy atom. The molecule has 0 radical (unpaired) electrons. The van der Waals surface area contributed by atoms with Crippen molar-refractivity contribution in [2.45, 2.75) is 46.0 Å². The van der Waals surface area contributed by atoms with Crippen molar-refractivity contribution >= 4 is 5.84 Å². The van der Waals surface area contributed by atoms with E-state index in [1.165, 1.54) is 32.1 Å². The number of hydrogen-bond acceptors (Lipinski definition) is 1. The molecule has 2 nitrogen and oxygen atoms in total. The van der Waals surface area contributed by atoms with Crippen LogP contribution in [0.15, 0.2) is 4.99 Å². The fraction of sp³-hybridized carbons (Fsp3) is 0.917. The van der Waals surface area contributed by atoms with Gasteiger partial charge in [-0.1, -0.05) is 26.7 Å². The molecule has 2 aliphatic rings. The van der Waals surface area contributed by atoms with Crippen LogP contribution < -0.4 is 5.73 Å². The summed E-state index contributed by atoms with van der Waals surface area (Å²) in [6, 6.07) is 0. The molecule has 0 amide bonds. The standard InChI is InChI=1S/C12H22N2/c1-12(2)7-10(12)8-14-11(13)9-5-3-4-6-9/h9-10H,3-8H2,1-2H3,(H2,13,14). The fourth-order valence-electron chi connectivity index (χ4n) is 2.45.